The van der Waals surface area contributed by atoms with Crippen LogP contribution in [0.4, 0.5) is 4.39 Å². The van der Waals surface area contributed by atoms with Crippen LogP contribution in [-0.2, 0) is 0 Å². The predicted molar refractivity (Wildman–Crippen MR) is 31.8 cm³/mol. The number of methoxy groups -OCH3 is 1. The molecule has 1 rings (SSSR count). The second-order valence-corrected chi connectivity index (χ2v) is 1.56. The molecule has 0 fully saturated rings. The number of hydrogen-bond donors (Lipinski definition) is 0. The van der Waals surface area contributed by atoms with Gasteiger partial charge in [0.15, 0.2) is 0 Å². The molecule has 1 nitrogen and oxygen atoms in total. The molecule has 1 aromatic rings. The summed E-state index contributed by atoms with van der Waals surface area (Å²) in [6.45, 7) is 0. The molecule has 0 N–H and O–H groups in total. The van der Waals surface area contributed by atoms with Crippen molar-refractivity contribution < 1.29 is 60.5 Å². The maximum Gasteiger partial charge on any atom is 1.00 e. The van der Waals surface area contributed by atoms with E-state index in [1.807, 2.05) is 0 Å². The van der Waals surface area contributed by atoms with E-state index in [0.717, 1.165) is 0 Å². The van der Waals surface area contributed by atoms with Gasteiger partial charge in [-0.15, -0.1) is 12.1 Å². The van der Waals surface area contributed by atoms with E-state index in [1.54, 1.807) is 6.07 Å². The molecule has 0 heterocycles. The largest absolute Gasteiger partial charge is 1.00 e. The minimum absolute atomic E-state index is 0. The van der Waals surface area contributed by atoms with Crippen LogP contribution in [0.1, 0.15) is 0 Å². The van der Waals surface area contributed by atoms with Crippen LogP contribution in [0.3, 0.4) is 0 Å². The molecule has 0 radical (unpaired) electrons. The van der Waals surface area contributed by atoms with Crippen molar-refractivity contribution in [1.82, 2.24) is 0 Å². The molecule has 0 aliphatic heterocycles. The van der Waals surface area contributed by atoms with Crippen molar-refractivity contribution in [3.05, 3.63) is 30.1 Å². The van der Waals surface area contributed by atoms with Crippen LogP contribution in [0.15, 0.2) is 18.2 Å². The summed E-state index contributed by atoms with van der Waals surface area (Å²) in [6, 6.07) is 6.94. The Kier molecular flexibility index (Phi) is 5.57. The summed E-state index contributed by atoms with van der Waals surface area (Å²) >= 11 is 0. The number of benzene rings is 1. The van der Waals surface area contributed by atoms with Crippen molar-refractivity contribution in [2.75, 3.05) is 7.11 Å². The zero-order valence-corrected chi connectivity index (χ0v) is 9.14. The average molecular weight is 164 g/mol. The maximum absolute atomic E-state index is 12.4. The Labute approximate surface area is 102 Å². The predicted octanol–water partition coefficient (Wildman–Crippen LogP) is -1.36. The Morgan fingerprint density at radius 2 is 2.30 bits per heavy atom. The molecule has 10 heavy (non-hydrogen) atoms. The monoisotopic (exact) mass is 164 g/mol. The summed E-state index contributed by atoms with van der Waals surface area (Å²) in [6.07, 6.45) is 0. The Morgan fingerprint density at radius 3 is 2.70 bits per heavy atom. The first-order valence-electron chi connectivity index (χ1n) is 2.54. The Hall–Kier alpha value is 0.586. The minimum Gasteiger partial charge on any atom is -0.519 e. The van der Waals surface area contributed by atoms with Gasteiger partial charge in [-0.2, -0.15) is 12.1 Å². The minimum atomic E-state index is -0.375. The zero-order valence-electron chi connectivity index (χ0n) is 6.02. The summed E-state index contributed by atoms with van der Waals surface area (Å²) in [4.78, 5) is 0. The summed E-state index contributed by atoms with van der Waals surface area (Å²) in [5.74, 6) is -0.117. The molecule has 0 saturated carbocycles. The second kappa shape index (κ2) is 5.26. The van der Waals surface area contributed by atoms with Crippen LogP contribution < -0.4 is 56.1 Å². The molecule has 0 spiro atoms. The molecule has 3 heteroatoms. The quantitative estimate of drug-likeness (QED) is 0.368. The van der Waals surface area contributed by atoms with Gasteiger partial charge in [0.1, 0.15) is 0 Å². The van der Waals surface area contributed by atoms with Crippen LogP contribution >= 0.6 is 0 Å². The Bertz CT molecular complexity index is 203. The summed E-state index contributed by atoms with van der Waals surface area (Å²) in [5.41, 5.74) is 0. The van der Waals surface area contributed by atoms with Gasteiger partial charge in [-0.25, -0.2) is 0 Å². The number of ether oxygens (including phenoxy) is 1. The van der Waals surface area contributed by atoms with Crippen LogP contribution in [0.25, 0.3) is 0 Å². The first-order valence-corrected chi connectivity index (χ1v) is 2.54. The summed E-state index contributed by atoms with van der Waals surface area (Å²) in [5, 5.41) is 0. The molecule has 0 bridgehead atoms. The molecule has 0 aliphatic carbocycles. The van der Waals surface area contributed by atoms with E-state index < -0.39 is 0 Å². The fourth-order valence-corrected chi connectivity index (χ4v) is 0.561. The van der Waals surface area contributed by atoms with E-state index >= 15 is 0 Å². The van der Waals surface area contributed by atoms with E-state index in [9.17, 15) is 4.39 Å². The third-order valence-electron chi connectivity index (χ3n) is 0.996. The Morgan fingerprint density at radius 1 is 1.60 bits per heavy atom. The van der Waals surface area contributed by atoms with E-state index in [-0.39, 0.29) is 63.0 Å². The van der Waals surface area contributed by atoms with Crippen molar-refractivity contribution in [3.8, 4) is 5.75 Å². The van der Waals surface area contributed by atoms with Gasteiger partial charge >= 0.3 is 51.4 Å². The normalized spacial score (nSPS) is 8.20. The fraction of sp³-hybridized carbons (Fsp3) is 0.143. The maximum atomic E-state index is 12.4. The van der Waals surface area contributed by atoms with Crippen molar-refractivity contribution in [1.29, 1.82) is 0 Å². The molecule has 0 unspecified atom stereocenters. The number of hydrogen-bond acceptors (Lipinski definition) is 1. The molecule has 0 amide bonds. The van der Waals surface area contributed by atoms with E-state index in [0.29, 0.717) is 0 Å². The van der Waals surface area contributed by atoms with E-state index in [1.165, 1.54) is 19.2 Å². The van der Waals surface area contributed by atoms with Crippen LogP contribution in [-0.4, -0.2) is 7.11 Å². The topological polar surface area (TPSA) is 9.23 Å². The van der Waals surface area contributed by atoms with Gasteiger partial charge in [0.25, 0.3) is 0 Å². The molecule has 0 saturated heterocycles. The zero-order chi connectivity index (χ0) is 6.69. The van der Waals surface area contributed by atoms with Crippen LogP contribution in [0.5, 0.6) is 5.75 Å². The first-order chi connectivity index (χ1) is 4.34. The van der Waals surface area contributed by atoms with Gasteiger partial charge in [-0.05, 0) is 0 Å². The standard InChI is InChI=1S/C7H6FO.K/c1-9-7-5-3-2-4-6(7)8;/h3-5H,1H3;/q-1;+1. The SMILES string of the molecule is COc1cc[c-]cc1F.[K+]. The number of halogens is 1. The van der Waals surface area contributed by atoms with Gasteiger partial charge in [0, 0.05) is 11.6 Å². The third-order valence-corrected chi connectivity index (χ3v) is 0.996. The van der Waals surface area contributed by atoms with Crippen LogP contribution in [0.2, 0.25) is 0 Å². The fourth-order valence-electron chi connectivity index (χ4n) is 0.561. The van der Waals surface area contributed by atoms with E-state index in [4.69, 9.17) is 0 Å². The van der Waals surface area contributed by atoms with Gasteiger partial charge < -0.3 is 4.74 Å². The molecular formula is C7H6FKO. The van der Waals surface area contributed by atoms with Crippen LogP contribution in [0, 0.1) is 11.9 Å². The first kappa shape index (κ1) is 10.6. The van der Waals surface area contributed by atoms with Gasteiger partial charge in [-0.3, -0.25) is 4.39 Å². The molecule has 0 aromatic heterocycles. The van der Waals surface area contributed by atoms with E-state index in [2.05, 4.69) is 10.8 Å². The second-order valence-electron chi connectivity index (χ2n) is 1.56. The summed E-state index contributed by atoms with van der Waals surface area (Å²) < 4.78 is 17.1. The Balaban J connectivity index is 0.000000810. The molecular weight excluding hydrogens is 158 g/mol. The molecule has 1 aromatic carbocycles. The average Bonchev–Trinajstić information content (AvgIpc) is 1.89. The van der Waals surface area contributed by atoms with Crippen molar-refractivity contribution in [2.45, 2.75) is 0 Å². The van der Waals surface area contributed by atoms with Crippen molar-refractivity contribution in [3.63, 3.8) is 0 Å². The molecule has 0 aliphatic rings. The van der Waals surface area contributed by atoms with Crippen molar-refractivity contribution in [2.24, 2.45) is 0 Å². The third kappa shape index (κ3) is 2.68. The number of rotatable bonds is 1. The van der Waals surface area contributed by atoms with Crippen molar-refractivity contribution >= 4 is 0 Å². The van der Waals surface area contributed by atoms with Gasteiger partial charge in [-0.1, -0.05) is 0 Å². The smallest absolute Gasteiger partial charge is 0.519 e. The molecule has 48 valence electrons. The van der Waals surface area contributed by atoms with Gasteiger partial charge in [0.2, 0.25) is 0 Å². The van der Waals surface area contributed by atoms with Gasteiger partial charge in [0.05, 0.1) is 7.11 Å². The molecule has 0 atom stereocenters. The summed E-state index contributed by atoms with van der Waals surface area (Å²) in [7, 11) is 1.43.